The predicted molar refractivity (Wildman–Crippen MR) is 83.3 cm³/mol. The van der Waals surface area contributed by atoms with Crippen molar-refractivity contribution in [3.05, 3.63) is 0 Å². The summed E-state index contributed by atoms with van der Waals surface area (Å²) in [7, 11) is 1.80. The minimum atomic E-state index is -1.19. The van der Waals surface area contributed by atoms with Gasteiger partial charge in [0.2, 0.25) is 0 Å². The second-order valence-electron chi connectivity index (χ2n) is 7.40. The van der Waals surface area contributed by atoms with Gasteiger partial charge in [-0.1, -0.05) is 13.8 Å². The summed E-state index contributed by atoms with van der Waals surface area (Å²) in [6, 6.07) is 0.0266. The van der Waals surface area contributed by atoms with Crippen LogP contribution in [-0.2, 0) is 4.79 Å². The van der Waals surface area contributed by atoms with Crippen LogP contribution in [0.1, 0.15) is 60.3 Å². The number of rotatable bonds is 4. The van der Waals surface area contributed by atoms with Gasteiger partial charge in [0.1, 0.15) is 5.54 Å². The van der Waals surface area contributed by atoms with E-state index in [2.05, 4.69) is 13.8 Å². The van der Waals surface area contributed by atoms with Crippen molar-refractivity contribution in [3.63, 3.8) is 0 Å². The lowest BCUT2D eigenvalue weighted by molar-refractivity contribution is -0.147. The maximum absolute atomic E-state index is 12.7. The van der Waals surface area contributed by atoms with Crippen LogP contribution in [0.4, 0.5) is 4.79 Å². The van der Waals surface area contributed by atoms with Crippen molar-refractivity contribution in [3.8, 4) is 0 Å². The largest absolute Gasteiger partial charge is 0.480 e. The van der Waals surface area contributed by atoms with Gasteiger partial charge in [0, 0.05) is 19.6 Å². The number of likely N-dealkylation sites (N-methyl/N-ethyl adjacent to an activating group) is 1. The smallest absolute Gasteiger partial charge is 0.329 e. The van der Waals surface area contributed by atoms with Gasteiger partial charge in [-0.25, -0.2) is 9.59 Å². The first kappa shape index (κ1) is 17.8. The van der Waals surface area contributed by atoms with E-state index in [0.29, 0.717) is 12.0 Å². The van der Waals surface area contributed by atoms with Gasteiger partial charge >= 0.3 is 12.0 Å². The van der Waals surface area contributed by atoms with Crippen LogP contribution < -0.4 is 0 Å². The van der Waals surface area contributed by atoms with Crippen molar-refractivity contribution in [1.29, 1.82) is 0 Å². The zero-order valence-electron chi connectivity index (χ0n) is 14.3. The molecule has 5 nitrogen and oxygen atoms in total. The molecular weight excluding hydrogens is 268 g/mol. The van der Waals surface area contributed by atoms with Crippen LogP contribution in [0.5, 0.6) is 0 Å². The summed E-state index contributed by atoms with van der Waals surface area (Å²) in [6.07, 6.45) is 4.17. The number of carbonyl (C=O) groups is 2. The molecule has 0 aromatic rings. The molecule has 122 valence electrons. The predicted octanol–water partition coefficient (Wildman–Crippen LogP) is 3.19. The monoisotopic (exact) mass is 298 g/mol. The molecule has 1 saturated carbocycles. The molecule has 0 heterocycles. The number of hydrogen-bond donors (Lipinski definition) is 1. The fourth-order valence-corrected chi connectivity index (χ4v) is 3.00. The summed E-state index contributed by atoms with van der Waals surface area (Å²) in [4.78, 5) is 27.3. The Morgan fingerprint density at radius 3 is 2.10 bits per heavy atom. The number of aliphatic carboxylic acids is 1. The Labute approximate surface area is 128 Å². The highest BCUT2D eigenvalue weighted by molar-refractivity contribution is 5.85. The number of carboxylic acid groups (broad SMARTS) is 1. The highest BCUT2D eigenvalue weighted by atomic mass is 16.4. The fraction of sp³-hybridized carbons (Fsp3) is 0.875. The summed E-state index contributed by atoms with van der Waals surface area (Å²) in [5.74, 6) is -0.976. The van der Waals surface area contributed by atoms with E-state index in [0.717, 1.165) is 25.7 Å². The summed E-state index contributed by atoms with van der Waals surface area (Å²) in [5.41, 5.74) is -0.834. The zero-order chi connectivity index (χ0) is 16.4. The molecule has 0 aliphatic heterocycles. The molecular formula is C16H30N2O3. The van der Waals surface area contributed by atoms with Crippen molar-refractivity contribution in [2.45, 2.75) is 71.9 Å². The van der Waals surface area contributed by atoms with Crippen LogP contribution in [0.3, 0.4) is 0 Å². The third-order valence-electron chi connectivity index (χ3n) is 4.90. The molecule has 0 radical (unpaired) electrons. The Morgan fingerprint density at radius 1 is 1.24 bits per heavy atom. The average Bonchev–Trinajstić information content (AvgIpc) is 2.38. The molecule has 5 heteroatoms. The van der Waals surface area contributed by atoms with E-state index in [4.69, 9.17) is 0 Å². The summed E-state index contributed by atoms with van der Waals surface area (Å²) in [5, 5.41) is 9.34. The molecule has 1 aliphatic carbocycles. The second kappa shape index (κ2) is 6.24. The van der Waals surface area contributed by atoms with Crippen LogP contribution in [0.15, 0.2) is 0 Å². The first-order chi connectivity index (χ1) is 9.53. The van der Waals surface area contributed by atoms with Gasteiger partial charge in [-0.3, -0.25) is 0 Å². The molecule has 21 heavy (non-hydrogen) atoms. The molecule has 1 aliphatic rings. The molecule has 0 spiro atoms. The molecule has 2 amide bonds. The van der Waals surface area contributed by atoms with Crippen molar-refractivity contribution < 1.29 is 14.7 Å². The van der Waals surface area contributed by atoms with Crippen LogP contribution in [0.2, 0.25) is 0 Å². The number of hydrogen-bond acceptors (Lipinski definition) is 2. The first-order valence-electron chi connectivity index (χ1n) is 7.81. The topological polar surface area (TPSA) is 60.9 Å². The van der Waals surface area contributed by atoms with Gasteiger partial charge in [-0.15, -0.1) is 0 Å². The SMILES string of the molecule is CCN(C(=O)N(C)C1CCC(C)(C)CC1)C(C)(C)C(=O)O. The molecule has 0 aromatic heterocycles. The Balaban J connectivity index is 2.79. The summed E-state index contributed by atoms with van der Waals surface area (Å²) >= 11 is 0. The summed E-state index contributed by atoms with van der Waals surface area (Å²) in [6.45, 7) is 9.89. The molecule has 0 saturated heterocycles. The van der Waals surface area contributed by atoms with E-state index in [1.54, 1.807) is 25.8 Å². The minimum Gasteiger partial charge on any atom is -0.480 e. The van der Waals surface area contributed by atoms with Crippen molar-refractivity contribution >= 4 is 12.0 Å². The third kappa shape index (κ3) is 3.89. The maximum atomic E-state index is 12.7. The minimum absolute atomic E-state index is 0.186. The first-order valence-corrected chi connectivity index (χ1v) is 7.81. The number of urea groups is 1. The lowest BCUT2D eigenvalue weighted by Gasteiger charge is -2.42. The molecule has 0 unspecified atom stereocenters. The Kier molecular flexibility index (Phi) is 5.29. The van der Waals surface area contributed by atoms with E-state index in [-0.39, 0.29) is 12.1 Å². The second-order valence-corrected chi connectivity index (χ2v) is 7.40. The van der Waals surface area contributed by atoms with Gasteiger partial charge in [-0.05, 0) is 51.9 Å². The van der Waals surface area contributed by atoms with Crippen molar-refractivity contribution in [2.24, 2.45) is 5.41 Å². The zero-order valence-corrected chi connectivity index (χ0v) is 14.3. The highest BCUT2D eigenvalue weighted by Crippen LogP contribution is 2.37. The van der Waals surface area contributed by atoms with E-state index in [1.807, 2.05) is 6.92 Å². The van der Waals surface area contributed by atoms with Crippen molar-refractivity contribution in [1.82, 2.24) is 9.80 Å². The Morgan fingerprint density at radius 2 is 1.71 bits per heavy atom. The highest BCUT2D eigenvalue weighted by Gasteiger charge is 2.40. The number of nitrogens with zero attached hydrogens (tertiary/aromatic N) is 2. The van der Waals surface area contributed by atoms with E-state index >= 15 is 0 Å². The van der Waals surface area contributed by atoms with Gasteiger partial charge in [-0.2, -0.15) is 0 Å². The standard InChI is InChI=1S/C16H30N2O3/c1-7-18(16(4,5)13(19)20)14(21)17(6)12-8-10-15(2,3)11-9-12/h12H,7-11H2,1-6H3,(H,19,20). The van der Waals surface area contributed by atoms with Crippen LogP contribution in [0, 0.1) is 5.41 Å². The summed E-state index contributed by atoms with van der Waals surface area (Å²) < 4.78 is 0. The van der Waals surface area contributed by atoms with Gasteiger partial charge in [0.15, 0.2) is 0 Å². The number of amides is 2. The molecule has 0 atom stereocenters. The molecule has 1 N–H and O–H groups in total. The quantitative estimate of drug-likeness (QED) is 0.867. The lowest BCUT2D eigenvalue weighted by Crippen LogP contribution is -2.58. The normalized spacial score (nSPS) is 19.1. The van der Waals surface area contributed by atoms with Crippen LogP contribution in [0.25, 0.3) is 0 Å². The Bertz CT molecular complexity index is 394. The van der Waals surface area contributed by atoms with E-state index in [9.17, 15) is 14.7 Å². The fourth-order valence-electron chi connectivity index (χ4n) is 3.00. The average molecular weight is 298 g/mol. The van der Waals surface area contributed by atoms with Crippen LogP contribution in [-0.4, -0.2) is 52.1 Å². The van der Waals surface area contributed by atoms with Crippen LogP contribution >= 0.6 is 0 Å². The number of carboxylic acids is 1. The van der Waals surface area contributed by atoms with E-state index in [1.165, 1.54) is 4.90 Å². The van der Waals surface area contributed by atoms with E-state index < -0.39 is 11.5 Å². The number of carbonyl (C=O) groups excluding carboxylic acids is 1. The van der Waals surface area contributed by atoms with Crippen molar-refractivity contribution in [2.75, 3.05) is 13.6 Å². The third-order valence-corrected chi connectivity index (χ3v) is 4.90. The lowest BCUT2D eigenvalue weighted by atomic mass is 9.75. The van der Waals surface area contributed by atoms with Gasteiger partial charge in [0.05, 0.1) is 0 Å². The maximum Gasteiger partial charge on any atom is 0.329 e. The Hall–Kier alpha value is -1.26. The molecule has 0 aromatic carbocycles. The molecule has 0 bridgehead atoms. The molecule has 1 fully saturated rings. The van der Waals surface area contributed by atoms with Gasteiger partial charge in [0.25, 0.3) is 0 Å². The molecule has 1 rings (SSSR count). The van der Waals surface area contributed by atoms with Gasteiger partial charge < -0.3 is 14.9 Å².